The molecule has 1 unspecified atom stereocenters. The van der Waals surface area contributed by atoms with Gasteiger partial charge in [-0.15, -0.1) is 0 Å². The van der Waals surface area contributed by atoms with E-state index in [0.717, 1.165) is 0 Å². The van der Waals surface area contributed by atoms with Crippen LogP contribution in [0.4, 0.5) is 11.4 Å². The van der Waals surface area contributed by atoms with E-state index in [0.29, 0.717) is 11.3 Å². The molecule has 1 atom stereocenters. The molecule has 0 bridgehead atoms. The Morgan fingerprint density at radius 1 is 1.13 bits per heavy atom. The van der Waals surface area contributed by atoms with Gasteiger partial charge in [0.25, 0.3) is 10.0 Å². The first-order chi connectivity index (χ1) is 13.9. The Morgan fingerprint density at radius 2 is 1.80 bits per heavy atom. The third-order valence-corrected chi connectivity index (χ3v) is 6.61. The highest BCUT2D eigenvalue weighted by atomic mass is 32.2. The molecule has 1 fully saturated rings. The second kappa shape index (κ2) is 8.05. The molecule has 0 aliphatic carbocycles. The lowest BCUT2D eigenvalue weighted by Crippen LogP contribution is -2.25. The summed E-state index contributed by atoms with van der Waals surface area (Å²) in [4.78, 5) is 24.3. The Labute approximate surface area is 173 Å². The maximum atomic E-state index is 12.6. The summed E-state index contributed by atoms with van der Waals surface area (Å²) >= 11 is 0. The van der Waals surface area contributed by atoms with Crippen LogP contribution in [0.5, 0.6) is 0 Å². The van der Waals surface area contributed by atoms with Crippen molar-refractivity contribution in [3.05, 3.63) is 54.1 Å². The van der Waals surface area contributed by atoms with E-state index in [1.807, 2.05) is 0 Å². The van der Waals surface area contributed by atoms with E-state index in [9.17, 15) is 26.4 Å². The van der Waals surface area contributed by atoms with E-state index in [1.165, 1.54) is 53.4 Å². The summed E-state index contributed by atoms with van der Waals surface area (Å²) in [5, 5.41) is 14.1. The minimum atomic E-state index is -3.98. The third kappa shape index (κ3) is 5.14. The summed E-state index contributed by atoms with van der Waals surface area (Å²) in [6.45, 7) is 0.0232. The molecule has 1 saturated heterocycles. The van der Waals surface area contributed by atoms with E-state index in [-0.39, 0.29) is 29.5 Å². The van der Waals surface area contributed by atoms with Gasteiger partial charge < -0.3 is 10.0 Å². The van der Waals surface area contributed by atoms with E-state index in [4.69, 9.17) is 10.2 Å². The molecule has 1 heterocycles. The Hall–Kier alpha value is -2.96. The fraction of sp³-hybridized carbons (Fsp3) is 0.222. The van der Waals surface area contributed by atoms with Crippen molar-refractivity contribution in [2.45, 2.75) is 17.1 Å². The van der Waals surface area contributed by atoms with Crippen LogP contribution < -0.4 is 14.8 Å². The summed E-state index contributed by atoms with van der Waals surface area (Å²) in [7, 11) is -7.74. The fourth-order valence-corrected chi connectivity index (χ4v) is 4.79. The van der Waals surface area contributed by atoms with Gasteiger partial charge in [-0.05, 0) is 42.0 Å². The van der Waals surface area contributed by atoms with Gasteiger partial charge in [-0.25, -0.2) is 22.0 Å². The van der Waals surface area contributed by atoms with E-state index >= 15 is 0 Å². The summed E-state index contributed by atoms with van der Waals surface area (Å²) in [6, 6.07) is 11.3. The molecule has 160 valence electrons. The normalized spacial score (nSPS) is 17.2. The van der Waals surface area contributed by atoms with Crippen molar-refractivity contribution in [2.75, 3.05) is 16.2 Å². The number of sulfonamides is 2. The number of anilines is 2. The number of hydrogen-bond acceptors (Lipinski definition) is 6. The minimum Gasteiger partial charge on any atom is -0.481 e. The van der Waals surface area contributed by atoms with Crippen molar-refractivity contribution in [3.63, 3.8) is 0 Å². The van der Waals surface area contributed by atoms with Crippen molar-refractivity contribution in [2.24, 2.45) is 11.1 Å². The van der Waals surface area contributed by atoms with Gasteiger partial charge in [-0.1, -0.05) is 12.1 Å². The second-order valence-electron chi connectivity index (χ2n) is 6.85. The van der Waals surface area contributed by atoms with Crippen LogP contribution in [0.3, 0.4) is 0 Å². The Morgan fingerprint density at radius 3 is 2.37 bits per heavy atom. The van der Waals surface area contributed by atoms with Gasteiger partial charge in [0.05, 0.1) is 16.6 Å². The van der Waals surface area contributed by atoms with Gasteiger partial charge in [0.2, 0.25) is 15.9 Å². The molecule has 4 N–H and O–H groups in total. The molecule has 2 aromatic rings. The number of nitrogens with one attached hydrogen (secondary N) is 1. The maximum Gasteiger partial charge on any atom is 0.308 e. The number of hydrogen-bond donors (Lipinski definition) is 3. The van der Waals surface area contributed by atoms with Crippen LogP contribution in [0.15, 0.2) is 53.4 Å². The average Bonchev–Trinajstić information content (AvgIpc) is 3.02. The largest absolute Gasteiger partial charge is 0.481 e. The van der Waals surface area contributed by atoms with E-state index in [2.05, 4.69) is 4.72 Å². The highest BCUT2D eigenvalue weighted by molar-refractivity contribution is 7.92. The second-order valence-corrected chi connectivity index (χ2v) is 10.1. The van der Waals surface area contributed by atoms with Gasteiger partial charge in [0.1, 0.15) is 0 Å². The number of nitrogens with two attached hydrogens (primary N) is 1. The molecule has 1 aliphatic heterocycles. The zero-order chi connectivity index (χ0) is 22.1. The predicted molar refractivity (Wildman–Crippen MR) is 109 cm³/mol. The average molecular weight is 453 g/mol. The molecule has 0 saturated carbocycles. The molecule has 10 nitrogen and oxygen atoms in total. The lowest BCUT2D eigenvalue weighted by Gasteiger charge is -2.17. The molecule has 3 rings (SSSR count). The summed E-state index contributed by atoms with van der Waals surface area (Å²) in [5.74, 6) is -2.63. The third-order valence-electron chi connectivity index (χ3n) is 4.48. The number of aliphatic carboxylic acids is 1. The summed E-state index contributed by atoms with van der Waals surface area (Å²) < 4.78 is 50.0. The van der Waals surface area contributed by atoms with Crippen LogP contribution >= 0.6 is 0 Å². The molecule has 0 radical (unpaired) electrons. The van der Waals surface area contributed by atoms with Crippen LogP contribution in [0.1, 0.15) is 12.0 Å². The number of nitrogens with zero attached hydrogens (tertiary/aromatic N) is 1. The Bertz CT molecular complexity index is 1190. The molecule has 12 heteroatoms. The predicted octanol–water partition coefficient (Wildman–Crippen LogP) is 0.713. The number of rotatable bonds is 7. The monoisotopic (exact) mass is 453 g/mol. The van der Waals surface area contributed by atoms with Crippen LogP contribution in [0.2, 0.25) is 0 Å². The van der Waals surface area contributed by atoms with Crippen molar-refractivity contribution in [1.82, 2.24) is 0 Å². The molecule has 1 aliphatic rings. The summed E-state index contributed by atoms with van der Waals surface area (Å²) in [6.07, 6.45) is -0.105. The molecule has 1 amide bonds. The zero-order valence-electron chi connectivity index (χ0n) is 15.6. The van der Waals surface area contributed by atoms with Crippen LogP contribution in [-0.4, -0.2) is 40.4 Å². The number of amides is 1. The van der Waals surface area contributed by atoms with Crippen LogP contribution in [0.25, 0.3) is 0 Å². The van der Waals surface area contributed by atoms with Gasteiger partial charge in [-0.3, -0.25) is 14.3 Å². The first kappa shape index (κ1) is 21.7. The fourth-order valence-electron chi connectivity index (χ4n) is 3.10. The zero-order valence-corrected chi connectivity index (χ0v) is 17.2. The number of carboxylic acid groups (broad SMARTS) is 1. The van der Waals surface area contributed by atoms with Crippen molar-refractivity contribution < 1.29 is 31.5 Å². The molecular formula is C18H19N3O7S2. The Kier molecular flexibility index (Phi) is 5.83. The van der Waals surface area contributed by atoms with Gasteiger partial charge in [0, 0.05) is 24.3 Å². The molecular weight excluding hydrogens is 434 g/mol. The standard InChI is InChI=1S/C18H19N3O7S2/c19-29(25,26)11-12-2-1-3-14(8-12)20-30(27,28)16-6-4-15(5-7-16)21-10-13(18(23)24)9-17(21)22/h1-8,13,20H,9-11H2,(H,23,24)(H2,19,25,26). The SMILES string of the molecule is NS(=O)(=O)Cc1cccc(NS(=O)(=O)c2ccc(N3CC(C(=O)O)CC3=O)cc2)c1. The summed E-state index contributed by atoms with van der Waals surface area (Å²) in [5.41, 5.74) is 0.894. The molecule has 0 spiro atoms. The van der Waals surface area contributed by atoms with Gasteiger partial charge in [-0.2, -0.15) is 0 Å². The van der Waals surface area contributed by atoms with E-state index in [1.54, 1.807) is 0 Å². The first-order valence-corrected chi connectivity index (χ1v) is 11.9. The van der Waals surface area contributed by atoms with Crippen LogP contribution in [-0.2, 0) is 35.4 Å². The highest BCUT2D eigenvalue weighted by Crippen LogP contribution is 2.27. The van der Waals surface area contributed by atoms with Gasteiger partial charge >= 0.3 is 5.97 Å². The van der Waals surface area contributed by atoms with Crippen molar-refractivity contribution in [1.29, 1.82) is 0 Å². The smallest absolute Gasteiger partial charge is 0.308 e. The quantitative estimate of drug-likeness (QED) is 0.555. The number of carbonyl (C=O) groups excluding carboxylic acids is 1. The van der Waals surface area contributed by atoms with Crippen molar-refractivity contribution in [3.8, 4) is 0 Å². The molecule has 0 aromatic heterocycles. The highest BCUT2D eigenvalue weighted by Gasteiger charge is 2.35. The molecule has 30 heavy (non-hydrogen) atoms. The topological polar surface area (TPSA) is 164 Å². The maximum absolute atomic E-state index is 12.6. The lowest BCUT2D eigenvalue weighted by atomic mass is 10.1. The van der Waals surface area contributed by atoms with Crippen LogP contribution in [0, 0.1) is 5.92 Å². The lowest BCUT2D eigenvalue weighted by molar-refractivity contribution is -0.141. The van der Waals surface area contributed by atoms with E-state index < -0.39 is 37.7 Å². The number of carbonyl (C=O) groups is 2. The Balaban J connectivity index is 1.77. The molecule has 2 aromatic carbocycles. The van der Waals surface area contributed by atoms with Crippen molar-refractivity contribution >= 4 is 43.3 Å². The van der Waals surface area contributed by atoms with Gasteiger partial charge in [0.15, 0.2) is 0 Å². The minimum absolute atomic E-state index is 0.0232. The number of benzene rings is 2. The first-order valence-electron chi connectivity index (χ1n) is 8.70. The number of primary sulfonamides is 1. The number of carboxylic acids is 1.